The molecular formula is C20H18N2O5S. The van der Waals surface area contributed by atoms with Crippen LogP contribution in [0, 0.1) is 0 Å². The van der Waals surface area contributed by atoms with Crippen molar-refractivity contribution in [3.63, 3.8) is 0 Å². The molecular weight excluding hydrogens is 380 g/mol. The number of benzene rings is 2. The highest BCUT2D eigenvalue weighted by atomic mass is 32.2. The standard InChI is InChI=1S/C20H18N2O5S/c1-2-27-16-9-5-14(6-10-16)21-18(24)12-22-19(25)17(28-20(22)26)11-13-3-7-15(23)8-4-13/h3-11,23H,2,12H2,1H3,(H,21,24). The van der Waals surface area contributed by atoms with Crippen molar-refractivity contribution in [3.8, 4) is 11.5 Å². The van der Waals surface area contributed by atoms with Gasteiger partial charge in [-0.3, -0.25) is 19.3 Å². The number of phenolic OH excluding ortho intramolecular Hbond substituents is 1. The maximum atomic E-state index is 12.5. The van der Waals surface area contributed by atoms with E-state index in [1.807, 2.05) is 6.92 Å². The summed E-state index contributed by atoms with van der Waals surface area (Å²) in [6.45, 7) is 2.05. The van der Waals surface area contributed by atoms with Crippen LogP contribution in [-0.4, -0.2) is 40.2 Å². The highest BCUT2D eigenvalue weighted by Gasteiger charge is 2.36. The Morgan fingerprint density at radius 1 is 1.14 bits per heavy atom. The largest absolute Gasteiger partial charge is 0.508 e. The molecule has 1 aliphatic heterocycles. The average molecular weight is 398 g/mol. The zero-order valence-corrected chi connectivity index (χ0v) is 15.9. The predicted molar refractivity (Wildman–Crippen MR) is 107 cm³/mol. The molecule has 3 amide bonds. The highest BCUT2D eigenvalue weighted by molar-refractivity contribution is 8.18. The quantitative estimate of drug-likeness (QED) is 0.724. The van der Waals surface area contributed by atoms with Gasteiger partial charge in [0.25, 0.3) is 11.1 Å². The molecule has 144 valence electrons. The van der Waals surface area contributed by atoms with E-state index >= 15 is 0 Å². The van der Waals surface area contributed by atoms with Gasteiger partial charge in [0, 0.05) is 5.69 Å². The fourth-order valence-corrected chi connectivity index (χ4v) is 3.34. The summed E-state index contributed by atoms with van der Waals surface area (Å²) in [5, 5.41) is 11.5. The second-order valence-corrected chi connectivity index (χ2v) is 6.86. The topological polar surface area (TPSA) is 95.9 Å². The van der Waals surface area contributed by atoms with E-state index in [1.54, 1.807) is 42.5 Å². The minimum absolute atomic E-state index is 0.108. The van der Waals surface area contributed by atoms with E-state index in [-0.39, 0.29) is 17.2 Å². The molecule has 2 aromatic rings. The number of hydrogen-bond acceptors (Lipinski definition) is 6. The van der Waals surface area contributed by atoms with E-state index in [1.165, 1.54) is 12.1 Å². The van der Waals surface area contributed by atoms with Crippen molar-refractivity contribution in [1.29, 1.82) is 0 Å². The summed E-state index contributed by atoms with van der Waals surface area (Å²) in [6.07, 6.45) is 1.55. The Kier molecular flexibility index (Phi) is 6.00. The minimum atomic E-state index is -0.523. The zero-order valence-electron chi connectivity index (χ0n) is 15.0. The molecule has 28 heavy (non-hydrogen) atoms. The first-order valence-corrected chi connectivity index (χ1v) is 9.35. The minimum Gasteiger partial charge on any atom is -0.508 e. The lowest BCUT2D eigenvalue weighted by Gasteiger charge is -2.12. The molecule has 0 spiro atoms. The molecule has 0 atom stereocenters. The summed E-state index contributed by atoms with van der Waals surface area (Å²) in [5.74, 6) is -0.204. The normalized spacial score (nSPS) is 15.2. The molecule has 0 bridgehead atoms. The van der Waals surface area contributed by atoms with Crippen molar-refractivity contribution in [2.45, 2.75) is 6.92 Å². The molecule has 0 unspecified atom stereocenters. The number of nitrogens with one attached hydrogen (secondary N) is 1. The molecule has 8 heteroatoms. The van der Waals surface area contributed by atoms with Gasteiger partial charge in [0.2, 0.25) is 5.91 Å². The number of carbonyl (C=O) groups is 3. The van der Waals surface area contributed by atoms with Crippen molar-refractivity contribution in [2.75, 3.05) is 18.5 Å². The number of nitrogens with zero attached hydrogens (tertiary/aromatic N) is 1. The zero-order chi connectivity index (χ0) is 20.1. The Bertz CT molecular complexity index is 923. The van der Waals surface area contributed by atoms with Gasteiger partial charge in [0.1, 0.15) is 18.0 Å². The van der Waals surface area contributed by atoms with Crippen molar-refractivity contribution >= 4 is 40.6 Å². The van der Waals surface area contributed by atoms with Crippen LogP contribution < -0.4 is 10.1 Å². The Labute approximate surface area is 166 Å². The van der Waals surface area contributed by atoms with Gasteiger partial charge < -0.3 is 15.2 Å². The summed E-state index contributed by atoms with van der Waals surface area (Å²) < 4.78 is 5.34. The fourth-order valence-electron chi connectivity index (χ4n) is 2.50. The van der Waals surface area contributed by atoms with E-state index < -0.39 is 17.1 Å². The number of amides is 3. The van der Waals surface area contributed by atoms with Gasteiger partial charge in [-0.1, -0.05) is 12.1 Å². The first-order chi connectivity index (χ1) is 13.5. The van der Waals surface area contributed by atoms with Gasteiger partial charge >= 0.3 is 0 Å². The van der Waals surface area contributed by atoms with Gasteiger partial charge in [-0.2, -0.15) is 0 Å². The molecule has 0 aliphatic carbocycles. The van der Waals surface area contributed by atoms with Crippen LogP contribution in [0.4, 0.5) is 10.5 Å². The third kappa shape index (κ3) is 4.72. The van der Waals surface area contributed by atoms with Crippen molar-refractivity contribution in [2.24, 2.45) is 0 Å². The van der Waals surface area contributed by atoms with Crippen LogP contribution in [0.3, 0.4) is 0 Å². The van der Waals surface area contributed by atoms with E-state index in [2.05, 4.69) is 5.32 Å². The molecule has 0 saturated carbocycles. The first kappa shape index (κ1) is 19.5. The number of anilines is 1. The Hall–Kier alpha value is -3.26. The van der Waals surface area contributed by atoms with Crippen LogP contribution in [0.15, 0.2) is 53.4 Å². The first-order valence-electron chi connectivity index (χ1n) is 8.53. The molecule has 1 aliphatic rings. The van der Waals surface area contributed by atoms with Gasteiger partial charge in [-0.05, 0) is 66.7 Å². The monoisotopic (exact) mass is 398 g/mol. The van der Waals surface area contributed by atoms with Gasteiger partial charge in [-0.25, -0.2) is 0 Å². The SMILES string of the molecule is CCOc1ccc(NC(=O)CN2C(=O)SC(=Cc3ccc(O)cc3)C2=O)cc1. The lowest BCUT2D eigenvalue weighted by atomic mass is 10.2. The summed E-state index contributed by atoms with van der Waals surface area (Å²) in [5.41, 5.74) is 1.21. The van der Waals surface area contributed by atoms with Crippen LogP contribution in [0.2, 0.25) is 0 Å². The maximum Gasteiger partial charge on any atom is 0.294 e. The molecule has 7 nitrogen and oxygen atoms in total. The van der Waals surface area contributed by atoms with E-state index in [4.69, 9.17) is 4.74 Å². The second-order valence-electron chi connectivity index (χ2n) is 5.86. The molecule has 2 N–H and O–H groups in total. The average Bonchev–Trinajstić information content (AvgIpc) is 2.93. The van der Waals surface area contributed by atoms with Crippen LogP contribution in [0.25, 0.3) is 6.08 Å². The van der Waals surface area contributed by atoms with Crippen molar-refractivity contribution < 1.29 is 24.2 Å². The molecule has 1 saturated heterocycles. The highest BCUT2D eigenvalue weighted by Crippen LogP contribution is 2.32. The number of carbonyl (C=O) groups excluding carboxylic acids is 3. The number of phenols is 1. The second kappa shape index (κ2) is 8.62. The Morgan fingerprint density at radius 3 is 2.46 bits per heavy atom. The van der Waals surface area contributed by atoms with Gasteiger partial charge in [0.15, 0.2) is 0 Å². The lowest BCUT2D eigenvalue weighted by molar-refractivity contribution is -0.127. The van der Waals surface area contributed by atoms with E-state index in [0.29, 0.717) is 23.6 Å². The van der Waals surface area contributed by atoms with Gasteiger partial charge in [0.05, 0.1) is 11.5 Å². The summed E-state index contributed by atoms with van der Waals surface area (Å²) >= 11 is 0.776. The number of ether oxygens (including phenoxy) is 1. The third-order valence-corrected chi connectivity index (χ3v) is 4.72. The molecule has 1 heterocycles. The van der Waals surface area contributed by atoms with E-state index in [0.717, 1.165) is 16.7 Å². The van der Waals surface area contributed by atoms with E-state index in [9.17, 15) is 19.5 Å². The molecule has 0 radical (unpaired) electrons. The number of thioether (sulfide) groups is 1. The lowest BCUT2D eigenvalue weighted by Crippen LogP contribution is -2.36. The molecule has 1 fully saturated rings. The smallest absolute Gasteiger partial charge is 0.294 e. The van der Waals surface area contributed by atoms with Gasteiger partial charge in [-0.15, -0.1) is 0 Å². The predicted octanol–water partition coefficient (Wildman–Crippen LogP) is 3.47. The molecule has 0 aromatic heterocycles. The number of aromatic hydroxyl groups is 1. The maximum absolute atomic E-state index is 12.5. The van der Waals surface area contributed by atoms with Crippen molar-refractivity contribution in [1.82, 2.24) is 4.90 Å². The van der Waals surface area contributed by atoms with Crippen molar-refractivity contribution in [3.05, 3.63) is 59.0 Å². The Balaban J connectivity index is 1.63. The summed E-state index contributed by atoms with van der Waals surface area (Å²) in [7, 11) is 0. The fraction of sp³-hybridized carbons (Fsp3) is 0.150. The Morgan fingerprint density at radius 2 is 1.82 bits per heavy atom. The number of hydrogen-bond donors (Lipinski definition) is 2. The van der Waals surface area contributed by atoms with Crippen LogP contribution in [-0.2, 0) is 9.59 Å². The third-order valence-electron chi connectivity index (χ3n) is 3.82. The number of imide groups is 1. The summed E-state index contributed by atoms with van der Waals surface area (Å²) in [4.78, 5) is 38.0. The summed E-state index contributed by atoms with van der Waals surface area (Å²) in [6, 6.07) is 13.0. The number of rotatable bonds is 6. The van der Waals surface area contributed by atoms with Crippen LogP contribution >= 0.6 is 11.8 Å². The van der Waals surface area contributed by atoms with Crippen LogP contribution in [0.5, 0.6) is 11.5 Å². The molecule has 2 aromatic carbocycles. The van der Waals surface area contributed by atoms with Crippen LogP contribution in [0.1, 0.15) is 12.5 Å². The molecule has 3 rings (SSSR count).